The van der Waals surface area contributed by atoms with E-state index in [1.807, 2.05) is 0 Å². The lowest BCUT2D eigenvalue weighted by Gasteiger charge is -2.03. The summed E-state index contributed by atoms with van der Waals surface area (Å²) in [5.41, 5.74) is 5.18. The van der Waals surface area contributed by atoms with Crippen LogP contribution in [0.4, 0.5) is 0 Å². The third-order valence-electron chi connectivity index (χ3n) is 1.37. The van der Waals surface area contributed by atoms with Crippen LogP contribution >= 0.6 is 11.6 Å². The van der Waals surface area contributed by atoms with Crippen molar-refractivity contribution in [2.75, 3.05) is 6.26 Å². The van der Waals surface area contributed by atoms with Gasteiger partial charge in [0.2, 0.25) is 0 Å². The minimum absolute atomic E-state index is 0.580. The molecule has 0 amide bonds. The van der Waals surface area contributed by atoms with Crippen LogP contribution in [0.15, 0.2) is 10.4 Å². The van der Waals surface area contributed by atoms with Crippen molar-refractivity contribution in [2.24, 2.45) is 5.73 Å². The summed E-state index contributed by atoms with van der Waals surface area (Å²) in [7, 11) is -3.66. The van der Waals surface area contributed by atoms with Gasteiger partial charge in [0, 0.05) is 12.3 Å². The van der Waals surface area contributed by atoms with E-state index in [4.69, 9.17) is 22.4 Å². The highest BCUT2D eigenvalue weighted by atomic mass is 35.5. The monoisotopic (exact) mass is 255 g/mol. The maximum Gasteiger partial charge on any atom is 0.305 e. The quantitative estimate of drug-likeness (QED) is 0.639. The van der Waals surface area contributed by atoms with E-state index in [1.54, 1.807) is 0 Å². The number of nitrogens with two attached hydrogens (primary N) is 1. The van der Waals surface area contributed by atoms with E-state index in [0.717, 1.165) is 6.26 Å². The molecule has 0 unspecified atom stereocenters. The summed E-state index contributed by atoms with van der Waals surface area (Å²) in [5.74, 6) is -2.09. The molecule has 0 saturated heterocycles. The maximum absolute atomic E-state index is 11.1. The molecule has 6 nitrogen and oxygen atoms in total. The van der Waals surface area contributed by atoms with Gasteiger partial charge in [-0.2, -0.15) is 0 Å². The van der Waals surface area contributed by atoms with Crippen molar-refractivity contribution in [3.8, 4) is 0 Å². The number of ketones is 1. The first kappa shape index (κ1) is 14.1. The fourth-order valence-corrected chi connectivity index (χ4v) is 1.05. The third-order valence-corrected chi connectivity index (χ3v) is 3.15. The Morgan fingerprint density at radius 3 is 2.33 bits per heavy atom. The molecular formula is C7H10ClNO5S. The molecule has 0 aromatic rings. The Kier molecular flexibility index (Phi) is 4.92. The Morgan fingerprint density at radius 2 is 2.00 bits per heavy atom. The molecule has 1 atom stereocenters. The van der Waals surface area contributed by atoms with E-state index < -0.39 is 38.4 Å². The van der Waals surface area contributed by atoms with Crippen LogP contribution in [-0.4, -0.2) is 37.6 Å². The van der Waals surface area contributed by atoms with E-state index in [-0.39, 0.29) is 0 Å². The molecule has 15 heavy (non-hydrogen) atoms. The zero-order valence-corrected chi connectivity index (χ0v) is 9.38. The third kappa shape index (κ3) is 5.50. The fraction of sp³-hybridized carbons (Fsp3) is 0.429. The Bertz CT molecular complexity index is 400. The lowest BCUT2D eigenvalue weighted by atomic mass is 10.1. The molecule has 0 aliphatic carbocycles. The summed E-state index contributed by atoms with van der Waals surface area (Å²) in [6, 6.07) is -1.29. The summed E-state index contributed by atoms with van der Waals surface area (Å²) < 4.78 is 20.9. The molecule has 0 aromatic carbocycles. The largest absolute Gasteiger partial charge is 0.481 e. The fourth-order valence-electron chi connectivity index (χ4n) is 0.615. The molecule has 0 fully saturated rings. The molecule has 3 N–H and O–H groups in total. The normalized spacial score (nSPS) is 14.7. The summed E-state index contributed by atoms with van der Waals surface area (Å²) in [6.45, 7) is 0. The highest BCUT2D eigenvalue weighted by Gasteiger charge is 2.18. The van der Waals surface area contributed by atoms with Gasteiger partial charge in [-0.3, -0.25) is 9.59 Å². The van der Waals surface area contributed by atoms with Crippen LogP contribution in [0.3, 0.4) is 0 Å². The van der Waals surface area contributed by atoms with Gasteiger partial charge in [0.15, 0.2) is 15.6 Å². The van der Waals surface area contributed by atoms with Crippen LogP contribution in [0, 0.1) is 0 Å². The van der Waals surface area contributed by atoms with Gasteiger partial charge in [0.25, 0.3) is 0 Å². The average molecular weight is 256 g/mol. The molecule has 0 radical (unpaired) electrons. The smallest absolute Gasteiger partial charge is 0.305 e. The molecule has 0 spiro atoms. The van der Waals surface area contributed by atoms with Crippen molar-refractivity contribution in [1.29, 1.82) is 0 Å². The van der Waals surface area contributed by atoms with Gasteiger partial charge in [-0.15, -0.1) is 0 Å². The standard InChI is InChI=1S/C7H10ClNO5S/c1-15(13,14)6(8)3-5(10)4(9)2-7(11)12/h3-4H,2,9H2,1H3,(H,11,12)/t4-/m0/s1. The molecule has 0 aliphatic heterocycles. The number of carbonyl (C=O) groups excluding carboxylic acids is 1. The van der Waals surface area contributed by atoms with Gasteiger partial charge in [-0.1, -0.05) is 11.6 Å². The number of carbonyl (C=O) groups is 2. The summed E-state index contributed by atoms with van der Waals surface area (Å²) in [4.78, 5) is 21.3. The van der Waals surface area contributed by atoms with Crippen LogP contribution in [0.2, 0.25) is 0 Å². The molecule has 0 aromatic heterocycles. The molecule has 0 heterocycles. The Balaban J connectivity index is 4.69. The van der Waals surface area contributed by atoms with Gasteiger partial charge in [0.05, 0.1) is 12.5 Å². The second-order valence-corrected chi connectivity index (χ2v) is 5.44. The number of hydrogen-bond donors (Lipinski definition) is 2. The minimum Gasteiger partial charge on any atom is -0.481 e. The lowest BCUT2D eigenvalue weighted by molar-refractivity contribution is -0.138. The van der Waals surface area contributed by atoms with E-state index in [0.29, 0.717) is 6.08 Å². The predicted octanol–water partition coefficient (Wildman–Crippen LogP) is -0.518. The Labute approximate surface area is 91.6 Å². The number of carboxylic acids is 1. The lowest BCUT2D eigenvalue weighted by Crippen LogP contribution is -2.31. The van der Waals surface area contributed by atoms with E-state index in [9.17, 15) is 18.0 Å². The average Bonchev–Trinajstić information content (AvgIpc) is 2.00. The zero-order chi connectivity index (χ0) is 12.2. The molecule has 0 aliphatic rings. The van der Waals surface area contributed by atoms with E-state index >= 15 is 0 Å². The van der Waals surface area contributed by atoms with Gasteiger partial charge in [-0.05, 0) is 0 Å². The van der Waals surface area contributed by atoms with Crippen molar-refractivity contribution < 1.29 is 23.1 Å². The highest BCUT2D eigenvalue weighted by Crippen LogP contribution is 2.10. The SMILES string of the molecule is CS(=O)(=O)C(Cl)=CC(=O)[C@@H](N)CC(=O)O. The number of carboxylic acid groups (broad SMARTS) is 1. The van der Waals surface area contributed by atoms with Crippen molar-refractivity contribution in [3.05, 3.63) is 10.4 Å². The van der Waals surface area contributed by atoms with Crippen molar-refractivity contribution in [1.82, 2.24) is 0 Å². The Hall–Kier alpha value is -0.920. The molecule has 86 valence electrons. The zero-order valence-electron chi connectivity index (χ0n) is 7.81. The molecule has 0 rings (SSSR count). The number of halogens is 1. The van der Waals surface area contributed by atoms with Crippen LogP contribution in [0.1, 0.15) is 6.42 Å². The molecular weight excluding hydrogens is 246 g/mol. The molecule has 8 heteroatoms. The molecule has 0 saturated carbocycles. The number of aliphatic carboxylic acids is 1. The molecule has 0 bridgehead atoms. The summed E-state index contributed by atoms with van der Waals surface area (Å²) in [6.07, 6.45) is 0.857. The summed E-state index contributed by atoms with van der Waals surface area (Å²) in [5, 5.41) is 8.32. The van der Waals surface area contributed by atoms with Gasteiger partial charge >= 0.3 is 5.97 Å². The Morgan fingerprint density at radius 1 is 1.53 bits per heavy atom. The second kappa shape index (κ2) is 5.24. The number of hydrogen-bond acceptors (Lipinski definition) is 5. The minimum atomic E-state index is -3.66. The first-order valence-corrected chi connectivity index (χ1v) is 6.00. The predicted molar refractivity (Wildman–Crippen MR) is 54.0 cm³/mol. The van der Waals surface area contributed by atoms with Gasteiger partial charge in [-0.25, -0.2) is 8.42 Å². The maximum atomic E-state index is 11.1. The first-order chi connectivity index (χ1) is 6.64. The van der Waals surface area contributed by atoms with Crippen molar-refractivity contribution in [2.45, 2.75) is 12.5 Å². The first-order valence-electron chi connectivity index (χ1n) is 3.73. The van der Waals surface area contributed by atoms with Crippen LogP contribution in [0.5, 0.6) is 0 Å². The highest BCUT2D eigenvalue weighted by molar-refractivity contribution is 7.96. The van der Waals surface area contributed by atoms with Crippen molar-refractivity contribution >= 4 is 33.2 Å². The van der Waals surface area contributed by atoms with Crippen LogP contribution in [-0.2, 0) is 19.4 Å². The topological polar surface area (TPSA) is 115 Å². The van der Waals surface area contributed by atoms with E-state index in [2.05, 4.69) is 0 Å². The van der Waals surface area contributed by atoms with Crippen LogP contribution < -0.4 is 5.73 Å². The van der Waals surface area contributed by atoms with Gasteiger partial charge < -0.3 is 10.8 Å². The second-order valence-electron chi connectivity index (χ2n) is 2.83. The van der Waals surface area contributed by atoms with Crippen molar-refractivity contribution in [3.63, 3.8) is 0 Å². The van der Waals surface area contributed by atoms with Crippen LogP contribution in [0.25, 0.3) is 0 Å². The number of sulfone groups is 1. The van der Waals surface area contributed by atoms with Gasteiger partial charge in [0.1, 0.15) is 4.36 Å². The summed E-state index contributed by atoms with van der Waals surface area (Å²) >= 11 is 5.28. The van der Waals surface area contributed by atoms with E-state index in [1.165, 1.54) is 0 Å². The number of rotatable bonds is 5.